The number of likely N-dealkylation sites (N-methyl/N-ethyl adjacent to an activating group) is 1. The monoisotopic (exact) mass is 277 g/mol. The van der Waals surface area contributed by atoms with Crippen LogP contribution >= 0.6 is 0 Å². The van der Waals surface area contributed by atoms with Gasteiger partial charge in [0.15, 0.2) is 0 Å². The quantitative estimate of drug-likeness (QED) is 0.869. The Hall–Kier alpha value is -1.55. The van der Waals surface area contributed by atoms with E-state index in [1.807, 2.05) is 18.2 Å². The van der Waals surface area contributed by atoms with Gasteiger partial charge in [-0.3, -0.25) is 4.79 Å². The van der Waals surface area contributed by atoms with Gasteiger partial charge in [-0.15, -0.1) is 0 Å². The van der Waals surface area contributed by atoms with Crippen LogP contribution in [0.4, 0.5) is 0 Å². The van der Waals surface area contributed by atoms with E-state index in [2.05, 4.69) is 25.2 Å². The van der Waals surface area contributed by atoms with Gasteiger partial charge in [-0.25, -0.2) is 0 Å². The Morgan fingerprint density at radius 3 is 2.70 bits per heavy atom. The van der Waals surface area contributed by atoms with Crippen molar-refractivity contribution in [3.8, 4) is 5.75 Å². The van der Waals surface area contributed by atoms with Crippen LogP contribution in [0, 0.1) is 0 Å². The highest BCUT2D eigenvalue weighted by molar-refractivity contribution is 5.79. The lowest BCUT2D eigenvalue weighted by Crippen LogP contribution is -2.48. The van der Waals surface area contributed by atoms with Crippen LogP contribution in [0.15, 0.2) is 24.3 Å². The SMILES string of the molecule is CNC1(C(=O)O)CCC(Oc2ccccc2C(C)C)C1. The van der Waals surface area contributed by atoms with Crippen LogP contribution in [0.3, 0.4) is 0 Å². The van der Waals surface area contributed by atoms with Gasteiger partial charge in [0, 0.05) is 6.42 Å². The lowest BCUT2D eigenvalue weighted by molar-refractivity contribution is -0.144. The Labute approximate surface area is 120 Å². The summed E-state index contributed by atoms with van der Waals surface area (Å²) in [7, 11) is 1.71. The molecule has 4 nitrogen and oxygen atoms in total. The molecule has 0 bridgehead atoms. The number of hydrogen-bond acceptors (Lipinski definition) is 3. The molecule has 1 aliphatic carbocycles. The number of hydrogen-bond donors (Lipinski definition) is 2. The maximum atomic E-state index is 11.4. The first-order valence-corrected chi connectivity index (χ1v) is 7.16. The summed E-state index contributed by atoms with van der Waals surface area (Å²) in [6.07, 6.45) is 1.83. The fraction of sp³-hybridized carbons (Fsp3) is 0.562. The smallest absolute Gasteiger partial charge is 0.324 e. The number of para-hydroxylation sites is 1. The number of carboxylic acid groups (broad SMARTS) is 1. The Balaban J connectivity index is 2.11. The molecule has 2 rings (SSSR count). The Morgan fingerprint density at radius 1 is 1.45 bits per heavy atom. The van der Waals surface area contributed by atoms with Crippen molar-refractivity contribution in [2.75, 3.05) is 7.05 Å². The number of nitrogens with one attached hydrogen (secondary N) is 1. The zero-order valence-corrected chi connectivity index (χ0v) is 12.3. The summed E-state index contributed by atoms with van der Waals surface area (Å²) in [4.78, 5) is 11.4. The van der Waals surface area contributed by atoms with Crippen molar-refractivity contribution in [3.05, 3.63) is 29.8 Å². The van der Waals surface area contributed by atoms with Gasteiger partial charge >= 0.3 is 5.97 Å². The summed E-state index contributed by atoms with van der Waals surface area (Å²) in [6, 6.07) is 8.00. The summed E-state index contributed by atoms with van der Waals surface area (Å²) in [5.74, 6) is 0.481. The molecule has 1 aliphatic rings. The predicted octanol–water partition coefficient (Wildman–Crippen LogP) is 2.78. The van der Waals surface area contributed by atoms with Crippen molar-refractivity contribution >= 4 is 5.97 Å². The second-order valence-electron chi connectivity index (χ2n) is 5.81. The summed E-state index contributed by atoms with van der Waals surface area (Å²) >= 11 is 0. The second-order valence-corrected chi connectivity index (χ2v) is 5.81. The lowest BCUT2D eigenvalue weighted by Gasteiger charge is -2.24. The molecule has 1 aromatic carbocycles. The normalized spacial score (nSPS) is 25.9. The summed E-state index contributed by atoms with van der Waals surface area (Å²) in [5.41, 5.74) is 0.335. The van der Waals surface area contributed by atoms with Gasteiger partial charge in [0.2, 0.25) is 0 Å². The van der Waals surface area contributed by atoms with Gasteiger partial charge in [0.1, 0.15) is 17.4 Å². The molecule has 4 heteroatoms. The van der Waals surface area contributed by atoms with E-state index in [1.165, 1.54) is 5.56 Å². The van der Waals surface area contributed by atoms with E-state index >= 15 is 0 Å². The zero-order valence-electron chi connectivity index (χ0n) is 12.3. The van der Waals surface area contributed by atoms with Crippen molar-refractivity contribution in [1.82, 2.24) is 5.32 Å². The van der Waals surface area contributed by atoms with E-state index in [-0.39, 0.29) is 6.10 Å². The van der Waals surface area contributed by atoms with Crippen molar-refractivity contribution in [1.29, 1.82) is 0 Å². The summed E-state index contributed by atoms with van der Waals surface area (Å²) in [6.45, 7) is 4.26. The molecule has 0 heterocycles. The van der Waals surface area contributed by atoms with Crippen LogP contribution in [0.2, 0.25) is 0 Å². The minimum atomic E-state index is -0.836. The fourth-order valence-electron chi connectivity index (χ4n) is 2.87. The summed E-state index contributed by atoms with van der Waals surface area (Å²) in [5, 5.41) is 12.3. The van der Waals surface area contributed by atoms with Crippen LogP contribution < -0.4 is 10.1 Å². The number of benzene rings is 1. The first-order valence-electron chi connectivity index (χ1n) is 7.16. The third-order valence-corrected chi connectivity index (χ3v) is 4.19. The second kappa shape index (κ2) is 5.83. The highest BCUT2D eigenvalue weighted by Gasteiger charge is 2.45. The third-order valence-electron chi connectivity index (χ3n) is 4.19. The molecule has 0 aliphatic heterocycles. The van der Waals surface area contributed by atoms with E-state index in [0.29, 0.717) is 18.8 Å². The maximum Gasteiger partial charge on any atom is 0.324 e. The molecular weight excluding hydrogens is 254 g/mol. The Kier molecular flexibility index (Phi) is 4.33. The van der Waals surface area contributed by atoms with Crippen molar-refractivity contribution in [3.63, 3.8) is 0 Å². The molecule has 2 N–H and O–H groups in total. The van der Waals surface area contributed by atoms with Gasteiger partial charge in [-0.2, -0.15) is 0 Å². The average Bonchev–Trinajstić information content (AvgIpc) is 2.84. The molecule has 2 unspecified atom stereocenters. The number of carbonyl (C=O) groups is 1. The Bertz CT molecular complexity index is 486. The number of ether oxygens (including phenoxy) is 1. The molecule has 0 spiro atoms. The fourth-order valence-corrected chi connectivity index (χ4v) is 2.87. The third kappa shape index (κ3) is 2.80. The molecule has 110 valence electrons. The number of aliphatic carboxylic acids is 1. The lowest BCUT2D eigenvalue weighted by atomic mass is 9.98. The minimum absolute atomic E-state index is 0.0431. The molecule has 0 amide bonds. The minimum Gasteiger partial charge on any atom is -0.490 e. The molecule has 0 aromatic heterocycles. The van der Waals surface area contributed by atoms with E-state index in [4.69, 9.17) is 4.74 Å². The highest BCUT2D eigenvalue weighted by atomic mass is 16.5. The molecule has 0 saturated heterocycles. The first-order chi connectivity index (χ1) is 9.48. The first kappa shape index (κ1) is 14.9. The van der Waals surface area contributed by atoms with Gasteiger partial charge in [-0.05, 0) is 37.4 Å². The van der Waals surface area contributed by atoms with E-state index < -0.39 is 11.5 Å². The standard InChI is InChI=1S/C16H23NO3/c1-11(2)13-6-4-5-7-14(13)20-12-8-9-16(10-12,17-3)15(18)19/h4-7,11-12,17H,8-10H2,1-3H3,(H,18,19). The highest BCUT2D eigenvalue weighted by Crippen LogP contribution is 2.35. The molecule has 2 atom stereocenters. The molecule has 0 radical (unpaired) electrons. The van der Waals surface area contributed by atoms with Crippen molar-refractivity contribution in [2.24, 2.45) is 0 Å². The predicted molar refractivity (Wildman–Crippen MR) is 78.2 cm³/mol. The number of carboxylic acids is 1. The van der Waals surface area contributed by atoms with E-state index in [0.717, 1.165) is 12.2 Å². The van der Waals surface area contributed by atoms with E-state index in [9.17, 15) is 9.90 Å². The van der Waals surface area contributed by atoms with Crippen molar-refractivity contribution in [2.45, 2.75) is 50.7 Å². The topological polar surface area (TPSA) is 58.6 Å². The van der Waals surface area contributed by atoms with Crippen LogP contribution in [0.25, 0.3) is 0 Å². The van der Waals surface area contributed by atoms with Crippen molar-refractivity contribution < 1.29 is 14.6 Å². The van der Waals surface area contributed by atoms with E-state index in [1.54, 1.807) is 7.05 Å². The molecule has 1 aromatic rings. The van der Waals surface area contributed by atoms with Crippen LogP contribution in [0.1, 0.15) is 44.6 Å². The molecule has 1 fully saturated rings. The largest absolute Gasteiger partial charge is 0.490 e. The molecular formula is C16H23NO3. The van der Waals surface area contributed by atoms with Gasteiger partial charge < -0.3 is 15.2 Å². The summed E-state index contributed by atoms with van der Waals surface area (Å²) < 4.78 is 6.07. The van der Waals surface area contributed by atoms with Crippen LogP contribution in [0.5, 0.6) is 5.75 Å². The zero-order chi connectivity index (χ0) is 14.8. The van der Waals surface area contributed by atoms with Gasteiger partial charge in [0.25, 0.3) is 0 Å². The molecule has 1 saturated carbocycles. The number of rotatable bonds is 5. The van der Waals surface area contributed by atoms with Gasteiger partial charge in [0.05, 0.1) is 0 Å². The van der Waals surface area contributed by atoms with Crippen LogP contribution in [-0.4, -0.2) is 29.8 Å². The Morgan fingerprint density at radius 2 is 2.15 bits per heavy atom. The molecule has 20 heavy (non-hydrogen) atoms. The van der Waals surface area contributed by atoms with Crippen LogP contribution in [-0.2, 0) is 4.79 Å². The average molecular weight is 277 g/mol. The maximum absolute atomic E-state index is 11.4. The van der Waals surface area contributed by atoms with Gasteiger partial charge in [-0.1, -0.05) is 32.0 Å².